The van der Waals surface area contributed by atoms with Crippen LogP contribution in [-0.4, -0.2) is 73.6 Å². The molecule has 0 saturated carbocycles. The van der Waals surface area contributed by atoms with Crippen LogP contribution in [0.3, 0.4) is 0 Å². The van der Waals surface area contributed by atoms with E-state index in [1.807, 2.05) is 18.2 Å². The first-order chi connectivity index (χ1) is 13.1. The van der Waals surface area contributed by atoms with Crippen molar-refractivity contribution in [1.29, 1.82) is 0 Å². The Hall–Kier alpha value is -1.61. The van der Waals surface area contributed by atoms with Gasteiger partial charge < -0.3 is 14.2 Å². The van der Waals surface area contributed by atoms with Gasteiger partial charge in [-0.25, -0.2) is 0 Å². The predicted octanol–water partition coefficient (Wildman–Crippen LogP) is 2.63. The molecule has 1 amide bonds. The minimum absolute atomic E-state index is 0.0372. The molecular formula is C19H24N2O4S2. The van der Waals surface area contributed by atoms with E-state index in [-0.39, 0.29) is 5.91 Å². The van der Waals surface area contributed by atoms with Gasteiger partial charge in [-0.1, -0.05) is 24.0 Å². The average molecular weight is 409 g/mol. The van der Waals surface area contributed by atoms with Crippen molar-refractivity contribution in [1.82, 2.24) is 9.80 Å². The van der Waals surface area contributed by atoms with E-state index < -0.39 is 0 Å². The van der Waals surface area contributed by atoms with Crippen LogP contribution in [0, 0.1) is 0 Å². The van der Waals surface area contributed by atoms with Crippen molar-refractivity contribution >= 4 is 40.3 Å². The maximum absolute atomic E-state index is 12.8. The summed E-state index contributed by atoms with van der Waals surface area (Å²) in [5.74, 6) is 1.33. The summed E-state index contributed by atoms with van der Waals surface area (Å²) in [6, 6.07) is 5.52. The summed E-state index contributed by atoms with van der Waals surface area (Å²) in [5, 5.41) is 0. The number of thioether (sulfide) groups is 1. The summed E-state index contributed by atoms with van der Waals surface area (Å²) in [4.78, 5) is 17.5. The number of carbonyl (C=O) groups is 1. The molecule has 0 bridgehead atoms. The second-order valence-electron chi connectivity index (χ2n) is 6.25. The van der Waals surface area contributed by atoms with Gasteiger partial charge >= 0.3 is 0 Å². The van der Waals surface area contributed by atoms with Gasteiger partial charge in [0, 0.05) is 37.8 Å². The third-order valence-corrected chi connectivity index (χ3v) is 5.94. The average Bonchev–Trinajstić information content (AvgIpc) is 2.96. The SMILES string of the molecule is COc1ccc(/C=C2\SC(=S)N(CCCN3CCOCC3)C2=O)c(OC)c1. The second kappa shape index (κ2) is 9.54. The molecule has 2 heterocycles. The van der Waals surface area contributed by atoms with Crippen molar-refractivity contribution in [3.05, 3.63) is 28.7 Å². The van der Waals surface area contributed by atoms with Crippen LogP contribution >= 0.6 is 24.0 Å². The van der Waals surface area contributed by atoms with Gasteiger partial charge in [-0.3, -0.25) is 14.6 Å². The molecule has 0 radical (unpaired) electrons. The topological polar surface area (TPSA) is 51.2 Å². The zero-order chi connectivity index (χ0) is 19.2. The van der Waals surface area contributed by atoms with Crippen LogP contribution in [0.2, 0.25) is 0 Å². The van der Waals surface area contributed by atoms with Crippen LogP contribution in [0.25, 0.3) is 6.08 Å². The van der Waals surface area contributed by atoms with Crippen LogP contribution in [0.15, 0.2) is 23.1 Å². The Morgan fingerprint density at radius 3 is 2.70 bits per heavy atom. The Bertz CT molecular complexity index is 732. The third-order valence-electron chi connectivity index (χ3n) is 4.56. The van der Waals surface area contributed by atoms with Gasteiger partial charge in [-0.05, 0) is 24.6 Å². The lowest BCUT2D eigenvalue weighted by Crippen LogP contribution is -2.38. The zero-order valence-corrected chi connectivity index (χ0v) is 17.2. The number of morpholine rings is 1. The number of carbonyl (C=O) groups excluding carboxylic acids is 1. The molecule has 0 atom stereocenters. The Morgan fingerprint density at radius 2 is 2.00 bits per heavy atom. The van der Waals surface area contributed by atoms with E-state index in [2.05, 4.69) is 4.90 Å². The number of amides is 1. The molecule has 1 aromatic carbocycles. The van der Waals surface area contributed by atoms with Gasteiger partial charge in [-0.2, -0.15) is 0 Å². The fourth-order valence-corrected chi connectivity index (χ4v) is 4.35. The third kappa shape index (κ3) is 5.01. The van der Waals surface area contributed by atoms with Gasteiger partial charge in [0.05, 0.1) is 32.3 Å². The quantitative estimate of drug-likeness (QED) is 0.508. The summed E-state index contributed by atoms with van der Waals surface area (Å²) in [6.07, 6.45) is 2.73. The number of nitrogens with zero attached hydrogens (tertiary/aromatic N) is 2. The standard InChI is InChI=1S/C19H24N2O4S2/c1-23-15-5-4-14(16(13-15)24-2)12-17-18(22)21(19(26)27-17)7-3-6-20-8-10-25-11-9-20/h4-5,12-13H,3,6-11H2,1-2H3/b17-12-. The maximum Gasteiger partial charge on any atom is 0.266 e. The van der Waals surface area contributed by atoms with Crippen LogP contribution in [0.1, 0.15) is 12.0 Å². The first kappa shape index (κ1) is 20.1. The van der Waals surface area contributed by atoms with Crippen LogP contribution in [0.4, 0.5) is 0 Å². The zero-order valence-electron chi connectivity index (χ0n) is 15.6. The smallest absolute Gasteiger partial charge is 0.266 e. The molecule has 2 fully saturated rings. The van der Waals surface area contributed by atoms with Crippen molar-refractivity contribution < 1.29 is 19.0 Å². The number of thiocarbonyl (C=S) groups is 1. The largest absolute Gasteiger partial charge is 0.497 e. The number of ether oxygens (including phenoxy) is 3. The summed E-state index contributed by atoms with van der Waals surface area (Å²) >= 11 is 6.76. The van der Waals surface area contributed by atoms with Crippen LogP contribution in [0.5, 0.6) is 11.5 Å². The van der Waals surface area contributed by atoms with Gasteiger partial charge in [0.2, 0.25) is 0 Å². The molecule has 8 heteroatoms. The van der Waals surface area contributed by atoms with Crippen LogP contribution < -0.4 is 9.47 Å². The van der Waals surface area contributed by atoms with E-state index in [4.69, 9.17) is 26.4 Å². The highest BCUT2D eigenvalue weighted by Crippen LogP contribution is 2.35. The molecule has 0 aromatic heterocycles. The summed E-state index contributed by atoms with van der Waals surface area (Å²) in [6.45, 7) is 5.07. The lowest BCUT2D eigenvalue weighted by Gasteiger charge is -2.27. The molecule has 2 aliphatic heterocycles. The first-order valence-corrected chi connectivity index (χ1v) is 10.1. The number of hydrogen-bond acceptors (Lipinski definition) is 7. The van der Waals surface area contributed by atoms with E-state index in [0.29, 0.717) is 27.3 Å². The molecule has 1 aromatic rings. The maximum atomic E-state index is 12.8. The highest BCUT2D eigenvalue weighted by atomic mass is 32.2. The molecule has 0 N–H and O–H groups in total. The number of methoxy groups -OCH3 is 2. The van der Waals surface area contributed by atoms with Crippen molar-refractivity contribution in [2.45, 2.75) is 6.42 Å². The predicted molar refractivity (Wildman–Crippen MR) is 111 cm³/mol. The summed E-state index contributed by atoms with van der Waals surface area (Å²) < 4.78 is 16.6. The van der Waals surface area contributed by atoms with Crippen LogP contribution in [-0.2, 0) is 9.53 Å². The highest BCUT2D eigenvalue weighted by Gasteiger charge is 2.31. The number of rotatable bonds is 7. The molecule has 6 nitrogen and oxygen atoms in total. The van der Waals surface area contributed by atoms with Crippen molar-refractivity contribution in [2.75, 3.05) is 53.6 Å². The lowest BCUT2D eigenvalue weighted by atomic mass is 10.1. The minimum Gasteiger partial charge on any atom is -0.497 e. The molecule has 0 aliphatic carbocycles. The first-order valence-electron chi connectivity index (χ1n) is 8.90. The lowest BCUT2D eigenvalue weighted by molar-refractivity contribution is -0.122. The highest BCUT2D eigenvalue weighted by molar-refractivity contribution is 8.26. The molecule has 27 heavy (non-hydrogen) atoms. The Morgan fingerprint density at radius 1 is 1.22 bits per heavy atom. The number of hydrogen-bond donors (Lipinski definition) is 0. The fourth-order valence-electron chi connectivity index (χ4n) is 3.05. The molecule has 146 valence electrons. The van der Waals surface area contributed by atoms with Gasteiger partial charge in [-0.15, -0.1) is 0 Å². The van der Waals surface area contributed by atoms with E-state index in [0.717, 1.165) is 44.8 Å². The Labute approximate surface area is 169 Å². The Kier molecular flexibility index (Phi) is 7.12. The van der Waals surface area contributed by atoms with Gasteiger partial charge in [0.15, 0.2) is 0 Å². The summed E-state index contributed by atoms with van der Waals surface area (Å²) in [7, 11) is 3.21. The van der Waals surface area contributed by atoms with E-state index in [1.165, 1.54) is 11.8 Å². The van der Waals surface area contributed by atoms with Crippen molar-refractivity contribution in [3.8, 4) is 11.5 Å². The van der Waals surface area contributed by atoms with Crippen molar-refractivity contribution in [2.24, 2.45) is 0 Å². The number of benzene rings is 1. The Balaban J connectivity index is 1.63. The van der Waals surface area contributed by atoms with Gasteiger partial charge in [0.25, 0.3) is 5.91 Å². The van der Waals surface area contributed by atoms with Crippen molar-refractivity contribution in [3.63, 3.8) is 0 Å². The molecular weight excluding hydrogens is 384 g/mol. The monoisotopic (exact) mass is 408 g/mol. The van der Waals surface area contributed by atoms with Gasteiger partial charge in [0.1, 0.15) is 15.8 Å². The molecule has 3 rings (SSSR count). The molecule has 2 aliphatic rings. The fraction of sp³-hybridized carbons (Fsp3) is 0.474. The second-order valence-corrected chi connectivity index (χ2v) is 7.92. The van der Waals surface area contributed by atoms with E-state index >= 15 is 0 Å². The van der Waals surface area contributed by atoms with E-state index in [9.17, 15) is 4.79 Å². The molecule has 0 spiro atoms. The molecule has 2 saturated heterocycles. The normalized spacial score (nSPS) is 19.8. The van der Waals surface area contributed by atoms with E-state index in [1.54, 1.807) is 25.2 Å². The minimum atomic E-state index is -0.0372. The summed E-state index contributed by atoms with van der Waals surface area (Å²) in [5.41, 5.74) is 0.826. The molecule has 0 unspecified atom stereocenters.